The van der Waals surface area contributed by atoms with Gasteiger partial charge in [0.15, 0.2) is 0 Å². The Bertz CT molecular complexity index is 36.6. The summed E-state index contributed by atoms with van der Waals surface area (Å²) in [6, 6.07) is 0. The standard InChI is InChI=1S/C2H7PSSi/c1-3-2-4-5/h2H,1,5H3. The lowest BCUT2D eigenvalue weighted by Crippen LogP contribution is -1.46. The Balaban J connectivity index is 2.62. The maximum Gasteiger partial charge on any atom is 0.0754 e. The third-order valence-corrected chi connectivity index (χ3v) is 3.79. The highest BCUT2D eigenvalue weighted by Gasteiger charge is 1.52. The second kappa shape index (κ2) is 4.74. The summed E-state index contributed by atoms with van der Waals surface area (Å²) >= 11 is 1.90. The molecule has 0 aliphatic heterocycles. The van der Waals surface area contributed by atoms with Crippen molar-refractivity contribution in [3.63, 3.8) is 0 Å². The van der Waals surface area contributed by atoms with E-state index in [-0.39, 0.29) is 0 Å². The zero-order valence-electron chi connectivity index (χ0n) is 3.43. The molecule has 0 aromatic heterocycles. The molecule has 5 heavy (non-hydrogen) atoms. The van der Waals surface area contributed by atoms with Gasteiger partial charge in [0.2, 0.25) is 0 Å². The molecule has 30 valence electrons. The van der Waals surface area contributed by atoms with Crippen molar-refractivity contribution in [3.05, 3.63) is 0 Å². The molecule has 0 saturated carbocycles. The Labute approximate surface area is 41.2 Å². The summed E-state index contributed by atoms with van der Waals surface area (Å²) in [5.41, 5.74) is 0. The molecule has 0 saturated heterocycles. The lowest BCUT2D eigenvalue weighted by Gasteiger charge is -1.65. The Morgan fingerprint density at radius 1 is 2.00 bits per heavy atom. The van der Waals surface area contributed by atoms with Crippen LogP contribution in [0.2, 0.25) is 0 Å². The van der Waals surface area contributed by atoms with Crippen LogP contribution in [0, 0.1) is 0 Å². The zero-order valence-corrected chi connectivity index (χ0v) is 7.14. The van der Waals surface area contributed by atoms with Crippen molar-refractivity contribution >= 4 is 33.9 Å². The fourth-order valence-corrected chi connectivity index (χ4v) is 2.85. The van der Waals surface area contributed by atoms with Crippen LogP contribution >= 0.6 is 19.4 Å². The van der Waals surface area contributed by atoms with Crippen LogP contribution in [0.4, 0.5) is 0 Å². The number of rotatable bonds is 1. The first-order valence-corrected chi connectivity index (χ1v) is 6.50. The SMILES string of the molecule is CP=CS[SiH3]. The summed E-state index contributed by atoms with van der Waals surface area (Å²) in [6.45, 7) is 2.13. The Hall–Kier alpha value is 0.737. The molecule has 0 aliphatic rings. The maximum absolute atomic E-state index is 2.20. The molecular weight excluding hydrogens is 115 g/mol. The molecule has 0 aliphatic carbocycles. The van der Waals surface area contributed by atoms with Crippen LogP contribution in [-0.2, 0) is 0 Å². The summed E-state index contributed by atoms with van der Waals surface area (Å²) in [6.07, 6.45) is 0. The number of hydrogen-bond acceptors (Lipinski definition) is 1. The van der Waals surface area contributed by atoms with Gasteiger partial charge in [-0.15, -0.1) is 8.20 Å². The van der Waals surface area contributed by atoms with Crippen LogP contribution in [-0.4, -0.2) is 21.2 Å². The lowest BCUT2D eigenvalue weighted by molar-refractivity contribution is 2.51. The smallest absolute Gasteiger partial charge is 0.0754 e. The van der Waals surface area contributed by atoms with Gasteiger partial charge in [-0.05, 0) is 11.8 Å². The lowest BCUT2D eigenvalue weighted by atomic mass is 11.9. The van der Waals surface area contributed by atoms with Gasteiger partial charge in [-0.25, -0.2) is 0 Å². The van der Waals surface area contributed by atoms with Crippen LogP contribution in [0.5, 0.6) is 0 Å². The predicted molar refractivity (Wildman–Crippen MR) is 36.4 cm³/mol. The summed E-state index contributed by atoms with van der Waals surface area (Å²) in [4.78, 5) is 0. The minimum Gasteiger partial charge on any atom is -0.167 e. The first-order valence-electron chi connectivity index (χ1n) is 1.35. The third-order valence-electron chi connectivity index (χ3n) is 0.211. The molecule has 0 heterocycles. The molecule has 0 fully saturated rings. The van der Waals surface area contributed by atoms with E-state index in [2.05, 4.69) is 11.8 Å². The highest BCUT2D eigenvalue weighted by molar-refractivity contribution is 8.32. The fraction of sp³-hybridized carbons (Fsp3) is 0.500. The van der Waals surface area contributed by atoms with Gasteiger partial charge in [0, 0.05) is 0 Å². The highest BCUT2D eigenvalue weighted by atomic mass is 32.4. The van der Waals surface area contributed by atoms with Crippen molar-refractivity contribution < 1.29 is 0 Å². The number of hydrogen-bond donors (Lipinski definition) is 0. The van der Waals surface area contributed by atoms with Gasteiger partial charge >= 0.3 is 0 Å². The first-order chi connectivity index (χ1) is 2.41. The molecule has 0 aromatic carbocycles. The molecule has 3 heteroatoms. The van der Waals surface area contributed by atoms with Crippen LogP contribution < -0.4 is 0 Å². The zero-order chi connectivity index (χ0) is 4.12. The van der Waals surface area contributed by atoms with Crippen molar-refractivity contribution in [2.75, 3.05) is 6.66 Å². The van der Waals surface area contributed by atoms with Crippen molar-refractivity contribution in [2.45, 2.75) is 0 Å². The normalized spacial score (nSPS) is 10.6. The Kier molecular flexibility index (Phi) is 5.43. The predicted octanol–water partition coefficient (Wildman–Crippen LogP) is 0.336. The van der Waals surface area contributed by atoms with Gasteiger partial charge < -0.3 is 0 Å². The van der Waals surface area contributed by atoms with E-state index in [0.29, 0.717) is 0 Å². The average molecular weight is 122 g/mol. The van der Waals surface area contributed by atoms with Gasteiger partial charge in [0.1, 0.15) is 0 Å². The van der Waals surface area contributed by atoms with E-state index in [0.717, 1.165) is 0 Å². The summed E-state index contributed by atoms with van der Waals surface area (Å²) in [7, 11) is 2.66. The average Bonchev–Trinajstić information content (AvgIpc) is 1.41. The fourth-order valence-electron chi connectivity index (χ4n) is 0.105. The quantitative estimate of drug-likeness (QED) is 0.357. The maximum atomic E-state index is 2.20. The van der Waals surface area contributed by atoms with Crippen LogP contribution in [0.3, 0.4) is 0 Å². The van der Waals surface area contributed by atoms with Gasteiger partial charge in [0.05, 0.1) is 9.39 Å². The van der Waals surface area contributed by atoms with Gasteiger partial charge in [-0.3, -0.25) is 0 Å². The largest absolute Gasteiger partial charge is 0.167 e. The van der Waals surface area contributed by atoms with Crippen molar-refractivity contribution in [2.24, 2.45) is 0 Å². The Morgan fingerprint density at radius 3 is 2.60 bits per heavy atom. The minimum atomic E-state index is 1.25. The van der Waals surface area contributed by atoms with Crippen LogP contribution in [0.1, 0.15) is 0 Å². The van der Waals surface area contributed by atoms with Crippen LogP contribution in [0.25, 0.3) is 0 Å². The molecule has 0 rings (SSSR count). The van der Waals surface area contributed by atoms with E-state index in [1.807, 2.05) is 11.2 Å². The van der Waals surface area contributed by atoms with E-state index < -0.39 is 0 Å². The van der Waals surface area contributed by atoms with Crippen molar-refractivity contribution in [1.29, 1.82) is 0 Å². The summed E-state index contributed by atoms with van der Waals surface area (Å²) < 4.78 is 0. The van der Waals surface area contributed by atoms with Crippen LogP contribution in [0.15, 0.2) is 0 Å². The molecule has 0 aromatic rings. The van der Waals surface area contributed by atoms with Gasteiger partial charge in [-0.1, -0.05) is 0 Å². The van der Waals surface area contributed by atoms with E-state index in [4.69, 9.17) is 0 Å². The molecule has 0 radical (unpaired) electrons. The van der Waals surface area contributed by atoms with Gasteiger partial charge in [-0.2, -0.15) is 11.2 Å². The molecular formula is C2H7PSSi. The molecule has 0 spiro atoms. The van der Waals surface area contributed by atoms with Crippen molar-refractivity contribution in [3.8, 4) is 0 Å². The molecule has 0 atom stereocenters. The summed E-state index contributed by atoms with van der Waals surface area (Å²) in [5.74, 6) is 0. The Morgan fingerprint density at radius 2 is 2.60 bits per heavy atom. The summed E-state index contributed by atoms with van der Waals surface area (Å²) in [5, 5.41) is 2.20. The second-order valence-electron chi connectivity index (χ2n) is 0.599. The highest BCUT2D eigenvalue weighted by Crippen LogP contribution is 1.89. The van der Waals surface area contributed by atoms with Crippen molar-refractivity contribution in [1.82, 2.24) is 0 Å². The minimum absolute atomic E-state index is 1.25. The monoisotopic (exact) mass is 122 g/mol. The van der Waals surface area contributed by atoms with E-state index in [9.17, 15) is 0 Å². The van der Waals surface area contributed by atoms with E-state index in [1.54, 1.807) is 0 Å². The topological polar surface area (TPSA) is 0 Å². The molecule has 0 bridgehead atoms. The van der Waals surface area contributed by atoms with E-state index >= 15 is 0 Å². The molecule has 0 nitrogen and oxygen atoms in total. The third kappa shape index (κ3) is 4.74. The molecule has 0 N–H and O–H groups in total. The molecule has 0 amide bonds. The van der Waals surface area contributed by atoms with E-state index in [1.165, 1.54) is 17.6 Å². The second-order valence-corrected chi connectivity index (χ2v) is 3.84. The van der Waals surface area contributed by atoms with Gasteiger partial charge in [0.25, 0.3) is 0 Å². The molecule has 0 unspecified atom stereocenters. The first kappa shape index (κ1) is 5.74.